The first-order valence-electron chi connectivity index (χ1n) is 11.0. The number of aromatic nitrogens is 2. The highest BCUT2D eigenvalue weighted by Crippen LogP contribution is 2.28. The second-order valence-electron chi connectivity index (χ2n) is 8.47. The van der Waals surface area contributed by atoms with Gasteiger partial charge >= 0.3 is 5.69 Å². The van der Waals surface area contributed by atoms with E-state index in [0.717, 1.165) is 68.5 Å². The van der Waals surface area contributed by atoms with Crippen LogP contribution >= 0.6 is 0 Å². The van der Waals surface area contributed by atoms with E-state index in [0.29, 0.717) is 6.04 Å². The number of aromatic amines is 1. The number of piperidine rings is 2. The van der Waals surface area contributed by atoms with Crippen molar-refractivity contribution in [2.75, 3.05) is 26.2 Å². The number of fused-ring (bicyclic) bond motifs is 1. The Labute approximate surface area is 176 Å². The topological polar surface area (TPSA) is 61.3 Å². The summed E-state index contributed by atoms with van der Waals surface area (Å²) in [5.41, 5.74) is 2.71. The van der Waals surface area contributed by atoms with Crippen LogP contribution in [0, 0.1) is 0 Å². The molecule has 3 aromatic rings. The Hall–Kier alpha value is -2.86. The maximum atomic E-state index is 12.7. The predicted molar refractivity (Wildman–Crippen MR) is 118 cm³/mol. The molecule has 3 heterocycles. The number of amides is 1. The fourth-order valence-electron chi connectivity index (χ4n) is 5.14. The highest BCUT2D eigenvalue weighted by Gasteiger charge is 2.31. The minimum atomic E-state index is 0.00221. The van der Waals surface area contributed by atoms with Gasteiger partial charge in [0.05, 0.1) is 11.0 Å². The van der Waals surface area contributed by atoms with Crippen molar-refractivity contribution in [3.8, 4) is 0 Å². The van der Waals surface area contributed by atoms with Crippen LogP contribution in [0.2, 0.25) is 0 Å². The molecule has 0 atom stereocenters. The van der Waals surface area contributed by atoms with Crippen molar-refractivity contribution in [1.82, 2.24) is 19.4 Å². The highest BCUT2D eigenvalue weighted by molar-refractivity contribution is 5.94. The van der Waals surface area contributed by atoms with Gasteiger partial charge in [0.15, 0.2) is 0 Å². The van der Waals surface area contributed by atoms with Gasteiger partial charge in [-0.05, 0) is 49.9 Å². The molecule has 2 aromatic carbocycles. The monoisotopic (exact) mass is 404 g/mol. The molecule has 0 radical (unpaired) electrons. The van der Waals surface area contributed by atoms with Gasteiger partial charge in [-0.2, -0.15) is 0 Å². The molecule has 30 heavy (non-hydrogen) atoms. The quantitative estimate of drug-likeness (QED) is 0.729. The van der Waals surface area contributed by atoms with E-state index in [-0.39, 0.29) is 17.6 Å². The van der Waals surface area contributed by atoms with Crippen molar-refractivity contribution < 1.29 is 4.79 Å². The van der Waals surface area contributed by atoms with Crippen LogP contribution in [0.1, 0.15) is 42.1 Å². The van der Waals surface area contributed by atoms with Crippen LogP contribution in [-0.2, 0) is 0 Å². The molecule has 0 aliphatic carbocycles. The van der Waals surface area contributed by atoms with Crippen LogP contribution in [0.3, 0.4) is 0 Å². The highest BCUT2D eigenvalue weighted by atomic mass is 16.2. The van der Waals surface area contributed by atoms with Crippen molar-refractivity contribution in [2.24, 2.45) is 0 Å². The molecule has 156 valence electrons. The van der Waals surface area contributed by atoms with Crippen molar-refractivity contribution in [2.45, 2.75) is 37.8 Å². The average molecular weight is 405 g/mol. The number of hydrogen-bond acceptors (Lipinski definition) is 3. The Kier molecular flexibility index (Phi) is 5.17. The van der Waals surface area contributed by atoms with Gasteiger partial charge in [0.1, 0.15) is 0 Å². The number of rotatable bonds is 3. The maximum Gasteiger partial charge on any atom is 0.326 e. The normalized spacial score (nSPS) is 19.4. The third-order valence-corrected chi connectivity index (χ3v) is 6.78. The molecule has 1 amide bonds. The van der Waals surface area contributed by atoms with Crippen LogP contribution in [0.15, 0.2) is 59.4 Å². The number of H-pyrrole nitrogens is 1. The number of likely N-dealkylation sites (tertiary alicyclic amines) is 2. The number of nitrogens with zero attached hydrogens (tertiary/aromatic N) is 3. The summed E-state index contributed by atoms with van der Waals surface area (Å²) in [6.45, 7) is 3.66. The lowest BCUT2D eigenvalue weighted by Crippen LogP contribution is -2.49. The Balaban J connectivity index is 1.18. The smallest absolute Gasteiger partial charge is 0.326 e. The Bertz CT molecular complexity index is 1070. The third-order valence-electron chi connectivity index (χ3n) is 6.78. The molecule has 2 saturated heterocycles. The van der Waals surface area contributed by atoms with Gasteiger partial charge in [-0.15, -0.1) is 0 Å². The number of carbonyl (C=O) groups excluding carboxylic acids is 1. The molecule has 0 saturated carbocycles. The predicted octanol–water partition coefficient (Wildman–Crippen LogP) is 3.27. The number of nitrogens with one attached hydrogen (secondary N) is 1. The molecule has 2 fully saturated rings. The van der Waals surface area contributed by atoms with E-state index < -0.39 is 0 Å². The van der Waals surface area contributed by atoms with Gasteiger partial charge in [0.25, 0.3) is 5.91 Å². The number of imidazole rings is 1. The summed E-state index contributed by atoms with van der Waals surface area (Å²) in [5, 5.41) is 0. The van der Waals surface area contributed by atoms with E-state index in [9.17, 15) is 9.59 Å². The summed E-state index contributed by atoms with van der Waals surface area (Å²) < 4.78 is 1.95. The van der Waals surface area contributed by atoms with Gasteiger partial charge in [-0.25, -0.2) is 4.79 Å². The summed E-state index contributed by atoms with van der Waals surface area (Å²) in [6, 6.07) is 18.3. The molecule has 6 nitrogen and oxygen atoms in total. The lowest BCUT2D eigenvalue weighted by Gasteiger charge is -2.42. The lowest BCUT2D eigenvalue weighted by molar-refractivity contribution is 0.0558. The van der Waals surface area contributed by atoms with Crippen molar-refractivity contribution in [3.05, 3.63) is 70.6 Å². The zero-order valence-electron chi connectivity index (χ0n) is 17.2. The molecular weight excluding hydrogens is 376 g/mol. The molecule has 2 aliphatic rings. The number of carbonyl (C=O) groups is 1. The lowest BCUT2D eigenvalue weighted by atomic mass is 9.97. The van der Waals surface area contributed by atoms with Crippen molar-refractivity contribution >= 4 is 16.9 Å². The van der Waals surface area contributed by atoms with Crippen LogP contribution < -0.4 is 5.69 Å². The van der Waals surface area contributed by atoms with Crippen molar-refractivity contribution in [1.29, 1.82) is 0 Å². The van der Waals surface area contributed by atoms with Gasteiger partial charge in [-0.1, -0.05) is 30.3 Å². The zero-order chi connectivity index (χ0) is 20.5. The standard InChI is InChI=1S/C24H28N4O2/c29-23(18-6-2-1-3-7-18)27-16-10-19(11-17-27)26-14-12-20(13-15-26)28-22-9-5-4-8-21(22)25-24(28)30/h1-9,19-20H,10-17H2,(H,25,30). The third kappa shape index (κ3) is 3.56. The van der Waals surface area contributed by atoms with E-state index in [1.807, 2.05) is 64.1 Å². The maximum absolute atomic E-state index is 12.7. The Morgan fingerprint density at radius 2 is 1.43 bits per heavy atom. The summed E-state index contributed by atoms with van der Waals surface area (Å²) in [4.78, 5) is 32.7. The molecular formula is C24H28N4O2. The summed E-state index contributed by atoms with van der Waals surface area (Å²) in [6.07, 6.45) is 4.03. The van der Waals surface area contributed by atoms with Crippen LogP contribution in [0.4, 0.5) is 0 Å². The first kappa shape index (κ1) is 19.1. The minimum Gasteiger partial charge on any atom is -0.339 e. The van der Waals surface area contributed by atoms with Gasteiger partial charge in [0.2, 0.25) is 0 Å². The average Bonchev–Trinajstić information content (AvgIpc) is 3.15. The SMILES string of the molecule is O=C(c1ccccc1)N1CCC(N2CCC(n3c(=O)[nH]c4ccccc43)CC2)CC1. The summed E-state index contributed by atoms with van der Waals surface area (Å²) in [7, 11) is 0. The fraction of sp³-hybridized carbons (Fsp3) is 0.417. The summed E-state index contributed by atoms with van der Waals surface area (Å²) >= 11 is 0. The largest absolute Gasteiger partial charge is 0.339 e. The van der Waals surface area contributed by atoms with Crippen LogP contribution in [0.5, 0.6) is 0 Å². The molecule has 0 bridgehead atoms. The summed E-state index contributed by atoms with van der Waals surface area (Å²) in [5.74, 6) is 0.145. The van der Waals surface area contributed by atoms with Crippen molar-refractivity contribution in [3.63, 3.8) is 0 Å². The molecule has 1 N–H and O–H groups in total. The van der Waals surface area contributed by atoms with E-state index in [1.165, 1.54) is 0 Å². The molecule has 1 aromatic heterocycles. The van der Waals surface area contributed by atoms with E-state index >= 15 is 0 Å². The molecule has 6 heteroatoms. The van der Waals surface area contributed by atoms with Crippen LogP contribution in [0.25, 0.3) is 11.0 Å². The Morgan fingerprint density at radius 3 is 2.17 bits per heavy atom. The molecule has 0 spiro atoms. The molecule has 5 rings (SSSR count). The van der Waals surface area contributed by atoms with Gasteiger partial charge < -0.3 is 14.8 Å². The van der Waals surface area contributed by atoms with Gasteiger partial charge in [0, 0.05) is 43.8 Å². The van der Waals surface area contributed by atoms with E-state index in [2.05, 4.69) is 9.88 Å². The van der Waals surface area contributed by atoms with Gasteiger partial charge in [-0.3, -0.25) is 9.36 Å². The minimum absolute atomic E-state index is 0.00221. The first-order valence-corrected chi connectivity index (χ1v) is 11.0. The first-order chi connectivity index (χ1) is 14.7. The van der Waals surface area contributed by atoms with E-state index in [1.54, 1.807) is 0 Å². The van der Waals surface area contributed by atoms with Crippen LogP contribution in [-0.4, -0.2) is 57.5 Å². The number of para-hydroxylation sites is 2. The Morgan fingerprint density at radius 1 is 0.800 bits per heavy atom. The zero-order valence-corrected chi connectivity index (χ0v) is 17.2. The number of hydrogen-bond donors (Lipinski definition) is 1. The number of benzene rings is 2. The molecule has 2 aliphatic heterocycles. The molecule has 0 unspecified atom stereocenters. The van der Waals surface area contributed by atoms with E-state index in [4.69, 9.17) is 0 Å². The second-order valence-corrected chi connectivity index (χ2v) is 8.47. The fourth-order valence-corrected chi connectivity index (χ4v) is 5.14. The second kappa shape index (κ2) is 8.11.